The number of aromatic hydroxyl groups is 1. The van der Waals surface area contributed by atoms with Crippen LogP contribution in [0.2, 0.25) is 0 Å². The van der Waals surface area contributed by atoms with E-state index in [-0.39, 0.29) is 17.7 Å². The average molecular weight is 296 g/mol. The monoisotopic (exact) mass is 296 g/mol. The van der Waals surface area contributed by atoms with Gasteiger partial charge in [0.2, 0.25) is 0 Å². The van der Waals surface area contributed by atoms with Crippen LogP contribution in [0.3, 0.4) is 0 Å². The summed E-state index contributed by atoms with van der Waals surface area (Å²) in [5.74, 6) is 0.322. The van der Waals surface area contributed by atoms with Gasteiger partial charge in [-0.25, -0.2) is 0 Å². The SMILES string of the molecule is NC1CCN(C(=O)c2ccc(-c3ccc(O)cc3)cc2)CC1. The van der Waals surface area contributed by atoms with Crippen LogP contribution in [-0.2, 0) is 0 Å². The van der Waals surface area contributed by atoms with Gasteiger partial charge < -0.3 is 15.7 Å². The molecule has 4 nitrogen and oxygen atoms in total. The number of carbonyl (C=O) groups excluding carboxylic acids is 1. The van der Waals surface area contributed by atoms with E-state index in [4.69, 9.17) is 5.73 Å². The van der Waals surface area contributed by atoms with Crippen LogP contribution in [0, 0.1) is 0 Å². The van der Waals surface area contributed by atoms with Gasteiger partial charge in [-0.3, -0.25) is 4.79 Å². The summed E-state index contributed by atoms with van der Waals surface area (Å²) in [5.41, 5.74) is 8.62. The summed E-state index contributed by atoms with van der Waals surface area (Å²) in [6, 6.07) is 14.9. The van der Waals surface area contributed by atoms with Gasteiger partial charge in [-0.1, -0.05) is 24.3 Å². The van der Waals surface area contributed by atoms with Crippen molar-refractivity contribution in [2.45, 2.75) is 18.9 Å². The molecule has 3 rings (SSSR count). The predicted octanol–water partition coefficient (Wildman–Crippen LogP) is 2.62. The van der Waals surface area contributed by atoms with Crippen molar-refractivity contribution in [1.29, 1.82) is 0 Å². The first-order valence-corrected chi connectivity index (χ1v) is 7.58. The highest BCUT2D eigenvalue weighted by Gasteiger charge is 2.21. The fourth-order valence-corrected chi connectivity index (χ4v) is 2.74. The molecule has 2 aromatic carbocycles. The van der Waals surface area contributed by atoms with Gasteiger partial charge in [-0.05, 0) is 48.2 Å². The molecule has 1 amide bonds. The topological polar surface area (TPSA) is 66.6 Å². The van der Waals surface area contributed by atoms with Crippen LogP contribution in [0.5, 0.6) is 5.75 Å². The lowest BCUT2D eigenvalue weighted by Gasteiger charge is -2.30. The molecule has 1 heterocycles. The summed E-state index contributed by atoms with van der Waals surface area (Å²) in [4.78, 5) is 14.3. The molecule has 1 aliphatic heterocycles. The van der Waals surface area contributed by atoms with Gasteiger partial charge in [-0.15, -0.1) is 0 Å². The van der Waals surface area contributed by atoms with Crippen LogP contribution < -0.4 is 5.73 Å². The summed E-state index contributed by atoms with van der Waals surface area (Å²) in [5, 5.41) is 9.32. The van der Waals surface area contributed by atoms with Crippen LogP contribution in [0.15, 0.2) is 48.5 Å². The number of benzene rings is 2. The van der Waals surface area contributed by atoms with Crippen molar-refractivity contribution in [1.82, 2.24) is 4.90 Å². The summed E-state index contributed by atoms with van der Waals surface area (Å²) in [6.07, 6.45) is 1.74. The number of nitrogens with two attached hydrogens (primary N) is 1. The Bertz CT molecular complexity index is 642. The van der Waals surface area contributed by atoms with Gasteiger partial charge in [0.25, 0.3) is 5.91 Å². The minimum Gasteiger partial charge on any atom is -0.508 e. The van der Waals surface area contributed by atoms with E-state index >= 15 is 0 Å². The predicted molar refractivity (Wildman–Crippen MR) is 86.7 cm³/mol. The summed E-state index contributed by atoms with van der Waals surface area (Å²) in [7, 11) is 0. The Morgan fingerprint density at radius 3 is 2.00 bits per heavy atom. The molecule has 1 aliphatic rings. The Morgan fingerprint density at radius 1 is 0.955 bits per heavy atom. The normalized spacial score (nSPS) is 15.8. The fourth-order valence-electron chi connectivity index (χ4n) is 2.74. The van der Waals surface area contributed by atoms with Crippen LogP contribution in [-0.4, -0.2) is 35.0 Å². The van der Waals surface area contributed by atoms with Gasteiger partial charge in [0.15, 0.2) is 0 Å². The van der Waals surface area contributed by atoms with Crippen LogP contribution in [0.25, 0.3) is 11.1 Å². The highest BCUT2D eigenvalue weighted by Crippen LogP contribution is 2.23. The van der Waals surface area contributed by atoms with Crippen molar-refractivity contribution in [3.8, 4) is 16.9 Å². The number of rotatable bonds is 2. The number of carbonyl (C=O) groups is 1. The van der Waals surface area contributed by atoms with Crippen molar-refractivity contribution < 1.29 is 9.90 Å². The number of amides is 1. The van der Waals surface area contributed by atoms with Gasteiger partial charge >= 0.3 is 0 Å². The zero-order valence-electron chi connectivity index (χ0n) is 12.4. The molecular formula is C18H20N2O2. The number of nitrogens with zero attached hydrogens (tertiary/aromatic N) is 1. The van der Waals surface area contributed by atoms with Gasteiger partial charge in [0.05, 0.1) is 0 Å². The molecule has 0 radical (unpaired) electrons. The van der Waals surface area contributed by atoms with Crippen molar-refractivity contribution in [3.05, 3.63) is 54.1 Å². The first-order valence-electron chi connectivity index (χ1n) is 7.58. The molecule has 0 saturated carbocycles. The smallest absolute Gasteiger partial charge is 0.253 e. The van der Waals surface area contributed by atoms with Gasteiger partial charge in [0.1, 0.15) is 5.75 Å². The molecule has 1 fully saturated rings. The number of phenols is 1. The largest absolute Gasteiger partial charge is 0.508 e. The Morgan fingerprint density at radius 2 is 1.45 bits per heavy atom. The van der Waals surface area contributed by atoms with E-state index in [1.54, 1.807) is 12.1 Å². The van der Waals surface area contributed by atoms with Crippen molar-refractivity contribution >= 4 is 5.91 Å². The quantitative estimate of drug-likeness (QED) is 0.895. The Balaban J connectivity index is 1.73. The number of phenolic OH excluding ortho intramolecular Hbond substituents is 1. The molecular weight excluding hydrogens is 276 g/mol. The minimum absolute atomic E-state index is 0.0733. The summed E-state index contributed by atoms with van der Waals surface area (Å²) >= 11 is 0. The maximum atomic E-state index is 12.5. The Kier molecular flexibility index (Phi) is 4.11. The lowest BCUT2D eigenvalue weighted by atomic mass is 10.0. The molecule has 0 aromatic heterocycles. The molecule has 0 aliphatic carbocycles. The van der Waals surface area contributed by atoms with E-state index in [1.165, 1.54) is 0 Å². The standard InChI is InChI=1S/C18H20N2O2/c19-16-9-11-20(12-10-16)18(22)15-3-1-13(2-4-15)14-5-7-17(21)8-6-14/h1-8,16,21H,9-12,19H2. The highest BCUT2D eigenvalue weighted by molar-refractivity contribution is 5.94. The van der Waals surface area contributed by atoms with E-state index in [1.807, 2.05) is 41.3 Å². The minimum atomic E-state index is 0.0733. The molecule has 4 heteroatoms. The van der Waals surface area contributed by atoms with E-state index < -0.39 is 0 Å². The number of hydrogen-bond acceptors (Lipinski definition) is 3. The second-order valence-corrected chi connectivity index (χ2v) is 5.75. The summed E-state index contributed by atoms with van der Waals surface area (Å²) in [6.45, 7) is 1.47. The second kappa shape index (κ2) is 6.20. The number of likely N-dealkylation sites (tertiary alicyclic amines) is 1. The molecule has 1 saturated heterocycles. The molecule has 0 bridgehead atoms. The molecule has 0 spiro atoms. The lowest BCUT2D eigenvalue weighted by Crippen LogP contribution is -2.42. The molecule has 114 valence electrons. The van der Waals surface area contributed by atoms with Crippen molar-refractivity contribution in [3.63, 3.8) is 0 Å². The first kappa shape index (κ1) is 14.6. The molecule has 2 aromatic rings. The molecule has 3 N–H and O–H groups in total. The van der Waals surface area contributed by atoms with Crippen LogP contribution in [0.4, 0.5) is 0 Å². The van der Waals surface area contributed by atoms with E-state index in [9.17, 15) is 9.90 Å². The van der Waals surface area contributed by atoms with Crippen molar-refractivity contribution in [2.24, 2.45) is 5.73 Å². The maximum Gasteiger partial charge on any atom is 0.253 e. The van der Waals surface area contributed by atoms with Crippen LogP contribution >= 0.6 is 0 Å². The number of piperidine rings is 1. The lowest BCUT2D eigenvalue weighted by molar-refractivity contribution is 0.0715. The van der Waals surface area contributed by atoms with E-state index in [0.717, 1.165) is 37.1 Å². The van der Waals surface area contributed by atoms with E-state index in [2.05, 4.69) is 0 Å². The maximum absolute atomic E-state index is 12.5. The Hall–Kier alpha value is -2.33. The van der Waals surface area contributed by atoms with Gasteiger partial charge in [-0.2, -0.15) is 0 Å². The third-order valence-electron chi connectivity index (χ3n) is 4.16. The third-order valence-corrected chi connectivity index (χ3v) is 4.16. The van der Waals surface area contributed by atoms with Crippen molar-refractivity contribution in [2.75, 3.05) is 13.1 Å². The molecule has 22 heavy (non-hydrogen) atoms. The number of hydrogen-bond donors (Lipinski definition) is 2. The average Bonchev–Trinajstić information content (AvgIpc) is 2.56. The van der Waals surface area contributed by atoms with Crippen LogP contribution in [0.1, 0.15) is 23.2 Å². The second-order valence-electron chi connectivity index (χ2n) is 5.75. The zero-order valence-corrected chi connectivity index (χ0v) is 12.4. The third kappa shape index (κ3) is 3.12. The van der Waals surface area contributed by atoms with Gasteiger partial charge in [0, 0.05) is 24.7 Å². The fraction of sp³-hybridized carbons (Fsp3) is 0.278. The van der Waals surface area contributed by atoms with E-state index in [0.29, 0.717) is 5.56 Å². The molecule has 0 unspecified atom stereocenters. The molecule has 0 atom stereocenters. The zero-order chi connectivity index (χ0) is 15.5. The Labute approximate surface area is 130 Å². The summed E-state index contributed by atoms with van der Waals surface area (Å²) < 4.78 is 0. The highest BCUT2D eigenvalue weighted by atomic mass is 16.3. The first-order chi connectivity index (χ1) is 10.6.